The van der Waals surface area contributed by atoms with E-state index < -0.39 is 0 Å². The lowest BCUT2D eigenvalue weighted by Gasteiger charge is -2.23. The van der Waals surface area contributed by atoms with Gasteiger partial charge in [-0.05, 0) is 29.9 Å². The van der Waals surface area contributed by atoms with Crippen molar-refractivity contribution in [2.24, 2.45) is 5.90 Å². The number of rotatable bonds is 4. The molecule has 0 saturated heterocycles. The second-order valence-corrected chi connectivity index (χ2v) is 5.09. The van der Waals surface area contributed by atoms with Gasteiger partial charge in [-0.3, -0.25) is 0 Å². The Kier molecular flexibility index (Phi) is 2.81. The highest BCUT2D eigenvalue weighted by Gasteiger charge is 2.25. The quantitative estimate of drug-likeness (QED) is 0.767. The molecule has 1 aromatic carbocycles. The van der Waals surface area contributed by atoms with Crippen LogP contribution in [0, 0.1) is 0 Å². The highest BCUT2D eigenvalue weighted by atomic mass is 16.6. The predicted octanol–water partition coefficient (Wildman–Crippen LogP) is 2.73. The molecule has 0 bridgehead atoms. The molecule has 2 rings (SSSR count). The van der Waals surface area contributed by atoms with Crippen molar-refractivity contribution < 1.29 is 4.84 Å². The van der Waals surface area contributed by atoms with Crippen molar-refractivity contribution in [3.05, 3.63) is 35.4 Å². The molecular formula is C13H19NO. The highest BCUT2D eigenvalue weighted by Crippen LogP contribution is 2.40. The zero-order chi connectivity index (χ0) is 10.9. The van der Waals surface area contributed by atoms with E-state index in [1.54, 1.807) is 0 Å². The maximum absolute atomic E-state index is 5.14. The van der Waals surface area contributed by atoms with Crippen LogP contribution in [0.25, 0.3) is 0 Å². The predicted molar refractivity (Wildman–Crippen MR) is 61.6 cm³/mol. The van der Waals surface area contributed by atoms with E-state index in [2.05, 4.69) is 38.1 Å². The molecule has 0 aliphatic heterocycles. The molecule has 2 heteroatoms. The lowest BCUT2D eigenvalue weighted by atomic mass is 9.85. The summed E-state index contributed by atoms with van der Waals surface area (Å²) in [5, 5.41) is 0. The summed E-state index contributed by atoms with van der Waals surface area (Å²) < 4.78 is 0. The van der Waals surface area contributed by atoms with Gasteiger partial charge in [0, 0.05) is 5.41 Å². The molecule has 1 aliphatic carbocycles. The fourth-order valence-electron chi connectivity index (χ4n) is 1.91. The van der Waals surface area contributed by atoms with Gasteiger partial charge in [0.15, 0.2) is 0 Å². The third-order valence-corrected chi connectivity index (χ3v) is 3.19. The van der Waals surface area contributed by atoms with Gasteiger partial charge in [0.05, 0.1) is 6.61 Å². The lowest BCUT2D eigenvalue weighted by molar-refractivity contribution is 0.0964. The number of benzene rings is 1. The molecule has 1 fully saturated rings. The molecule has 0 amide bonds. The number of hydrogen-bond donors (Lipinski definition) is 1. The Labute approximate surface area is 91.4 Å². The molecule has 0 radical (unpaired) electrons. The molecule has 1 aliphatic rings. The maximum atomic E-state index is 5.14. The van der Waals surface area contributed by atoms with Gasteiger partial charge in [0.2, 0.25) is 0 Å². The second-order valence-electron chi connectivity index (χ2n) is 5.09. The van der Waals surface area contributed by atoms with Crippen molar-refractivity contribution >= 4 is 0 Å². The second kappa shape index (κ2) is 3.95. The van der Waals surface area contributed by atoms with Crippen LogP contribution in [-0.2, 0) is 10.3 Å². The van der Waals surface area contributed by atoms with E-state index >= 15 is 0 Å². The van der Waals surface area contributed by atoms with Crippen LogP contribution in [0.1, 0.15) is 43.7 Å². The van der Waals surface area contributed by atoms with E-state index in [1.807, 2.05) is 0 Å². The van der Waals surface area contributed by atoms with Crippen LogP contribution < -0.4 is 5.90 Å². The van der Waals surface area contributed by atoms with E-state index in [1.165, 1.54) is 24.0 Å². The van der Waals surface area contributed by atoms with Crippen molar-refractivity contribution in [1.82, 2.24) is 0 Å². The van der Waals surface area contributed by atoms with Crippen LogP contribution in [0.5, 0.6) is 0 Å². The Balaban J connectivity index is 2.14. The van der Waals surface area contributed by atoms with Crippen molar-refractivity contribution in [2.75, 3.05) is 6.61 Å². The van der Waals surface area contributed by atoms with Crippen molar-refractivity contribution in [3.63, 3.8) is 0 Å². The first-order valence-corrected chi connectivity index (χ1v) is 5.55. The van der Waals surface area contributed by atoms with E-state index in [4.69, 9.17) is 10.7 Å². The van der Waals surface area contributed by atoms with Crippen LogP contribution in [0.15, 0.2) is 24.3 Å². The zero-order valence-corrected chi connectivity index (χ0v) is 9.49. The monoisotopic (exact) mass is 205 g/mol. The molecule has 0 spiro atoms. The minimum Gasteiger partial charge on any atom is -0.304 e. The summed E-state index contributed by atoms with van der Waals surface area (Å²) >= 11 is 0. The first-order valence-electron chi connectivity index (χ1n) is 5.55. The third-order valence-electron chi connectivity index (χ3n) is 3.19. The Hall–Kier alpha value is -0.860. The highest BCUT2D eigenvalue weighted by molar-refractivity contribution is 5.31. The summed E-state index contributed by atoms with van der Waals surface area (Å²) in [7, 11) is 0. The average molecular weight is 205 g/mol. The average Bonchev–Trinajstić information content (AvgIpc) is 3.01. The Morgan fingerprint density at radius 2 is 1.87 bits per heavy atom. The molecular weight excluding hydrogens is 186 g/mol. The number of hydrogen-bond acceptors (Lipinski definition) is 2. The molecule has 1 aromatic rings. The zero-order valence-electron chi connectivity index (χ0n) is 9.49. The first-order chi connectivity index (χ1) is 7.13. The summed E-state index contributed by atoms with van der Waals surface area (Å²) in [5.74, 6) is 5.97. The van der Waals surface area contributed by atoms with Crippen LogP contribution in [0.4, 0.5) is 0 Å². The van der Waals surface area contributed by atoms with Gasteiger partial charge >= 0.3 is 0 Å². The maximum Gasteiger partial charge on any atom is 0.0770 e. The minimum absolute atomic E-state index is 0.00314. The fraction of sp³-hybridized carbons (Fsp3) is 0.538. The smallest absolute Gasteiger partial charge is 0.0770 e. The molecule has 2 nitrogen and oxygen atoms in total. The molecule has 15 heavy (non-hydrogen) atoms. The van der Waals surface area contributed by atoms with Gasteiger partial charge in [-0.1, -0.05) is 38.1 Å². The van der Waals surface area contributed by atoms with Crippen molar-refractivity contribution in [2.45, 2.75) is 38.0 Å². The summed E-state index contributed by atoms with van der Waals surface area (Å²) in [5.41, 5.74) is 2.76. The summed E-state index contributed by atoms with van der Waals surface area (Å²) in [4.78, 5) is 4.75. The third kappa shape index (κ3) is 2.39. The van der Waals surface area contributed by atoms with Gasteiger partial charge in [-0.25, -0.2) is 5.90 Å². The van der Waals surface area contributed by atoms with E-state index in [-0.39, 0.29) is 5.41 Å². The van der Waals surface area contributed by atoms with Gasteiger partial charge in [-0.15, -0.1) is 0 Å². The van der Waals surface area contributed by atoms with Crippen LogP contribution >= 0.6 is 0 Å². The Morgan fingerprint density at radius 1 is 1.27 bits per heavy atom. The van der Waals surface area contributed by atoms with Gasteiger partial charge in [-0.2, -0.15) is 0 Å². The summed E-state index contributed by atoms with van der Waals surface area (Å²) in [6.07, 6.45) is 2.71. The van der Waals surface area contributed by atoms with Crippen LogP contribution in [0.3, 0.4) is 0 Å². The summed E-state index contributed by atoms with van der Waals surface area (Å²) in [6, 6.07) is 8.88. The standard InChI is InChI=1S/C13H19NO/c1-13(2,9-15-14)12-7-5-11(6-8-12)10-3-4-10/h5-8,10H,3-4,9,14H2,1-2H3. The topological polar surface area (TPSA) is 35.2 Å². The first kappa shape index (κ1) is 10.7. The molecule has 2 N–H and O–H groups in total. The molecule has 0 aromatic heterocycles. The Morgan fingerprint density at radius 3 is 2.33 bits per heavy atom. The SMILES string of the molecule is CC(C)(CON)c1ccc(C2CC2)cc1. The van der Waals surface area contributed by atoms with Crippen molar-refractivity contribution in [1.29, 1.82) is 0 Å². The molecule has 0 unspecified atom stereocenters. The number of nitrogens with two attached hydrogens (primary N) is 1. The molecule has 82 valence electrons. The van der Waals surface area contributed by atoms with Gasteiger partial charge in [0.25, 0.3) is 0 Å². The lowest BCUT2D eigenvalue weighted by Crippen LogP contribution is -2.26. The van der Waals surface area contributed by atoms with Gasteiger partial charge < -0.3 is 4.84 Å². The van der Waals surface area contributed by atoms with Crippen LogP contribution in [0.2, 0.25) is 0 Å². The van der Waals surface area contributed by atoms with Gasteiger partial charge in [0.1, 0.15) is 0 Å². The fourth-order valence-corrected chi connectivity index (χ4v) is 1.91. The van der Waals surface area contributed by atoms with E-state index in [0.29, 0.717) is 6.61 Å². The molecule has 1 saturated carbocycles. The molecule has 0 atom stereocenters. The normalized spacial score (nSPS) is 16.7. The van der Waals surface area contributed by atoms with Crippen molar-refractivity contribution in [3.8, 4) is 0 Å². The molecule has 0 heterocycles. The summed E-state index contributed by atoms with van der Waals surface area (Å²) in [6.45, 7) is 4.84. The van der Waals surface area contributed by atoms with Crippen LogP contribution in [-0.4, -0.2) is 6.61 Å². The largest absolute Gasteiger partial charge is 0.304 e. The Bertz CT molecular complexity index is 325. The van der Waals surface area contributed by atoms with E-state index in [9.17, 15) is 0 Å². The van der Waals surface area contributed by atoms with E-state index in [0.717, 1.165) is 5.92 Å². The minimum atomic E-state index is -0.00314.